The van der Waals surface area contributed by atoms with E-state index in [0.29, 0.717) is 0 Å². The molecule has 0 aliphatic rings. The van der Waals surface area contributed by atoms with Crippen LogP contribution in [-0.2, 0) is 9.59 Å². The van der Waals surface area contributed by atoms with Gasteiger partial charge in [0.1, 0.15) is 6.04 Å². The van der Waals surface area contributed by atoms with Gasteiger partial charge >= 0.3 is 11.9 Å². The Bertz CT molecular complexity index is 157. The summed E-state index contributed by atoms with van der Waals surface area (Å²) in [5.74, 6) is -2.20. The first kappa shape index (κ1) is 30.2. The number of rotatable bonds is 4. The van der Waals surface area contributed by atoms with Crippen molar-refractivity contribution in [1.29, 1.82) is 0 Å². The minimum absolute atomic E-state index is 0. The molecule has 1 atom stereocenters. The van der Waals surface area contributed by atoms with Gasteiger partial charge in [-0.2, -0.15) is 0 Å². The van der Waals surface area contributed by atoms with Crippen molar-refractivity contribution in [2.75, 3.05) is 0 Å². The quantitative estimate of drug-likeness (QED) is 0.481. The van der Waals surface area contributed by atoms with Gasteiger partial charge in [-0.3, -0.25) is 9.59 Å². The second kappa shape index (κ2) is 18.3. The van der Waals surface area contributed by atoms with Crippen LogP contribution in [0, 0.1) is 0 Å². The van der Waals surface area contributed by atoms with E-state index in [1.54, 1.807) is 0 Å². The van der Waals surface area contributed by atoms with Crippen LogP contribution in [0.25, 0.3) is 0 Å². The molecule has 62 valence electrons. The maximum absolute atomic E-state index is 9.99. The van der Waals surface area contributed by atoms with E-state index in [4.69, 9.17) is 15.9 Å². The summed E-state index contributed by atoms with van der Waals surface area (Å²) >= 11 is 0. The molecule has 0 saturated heterocycles. The van der Waals surface area contributed by atoms with Crippen molar-refractivity contribution in [3.05, 3.63) is 0 Å². The summed E-state index contributed by atoms with van der Waals surface area (Å²) < 4.78 is 0. The number of hydrogen-bond donors (Lipinski definition) is 3. The Labute approximate surface area is 171 Å². The van der Waals surface area contributed by atoms with E-state index in [9.17, 15) is 9.59 Å². The molecule has 0 aromatic heterocycles. The molecule has 0 fully saturated rings. The van der Waals surface area contributed by atoms with Gasteiger partial charge in [0.05, 0.1) is 0 Å². The van der Waals surface area contributed by atoms with Crippen molar-refractivity contribution in [2.24, 2.45) is 5.73 Å². The first-order valence-corrected chi connectivity index (χ1v) is 2.74. The second-order valence-electron chi connectivity index (χ2n) is 1.88. The number of carboxylic acid groups (broad SMARTS) is 2. The van der Waals surface area contributed by atoms with Gasteiger partial charge in [-0.25, -0.2) is 0 Å². The molecular formula is C5H9NNa4O4. The monoisotopic (exact) mass is 239 g/mol. The summed E-state index contributed by atoms with van der Waals surface area (Å²) in [5, 5.41) is 16.3. The summed E-state index contributed by atoms with van der Waals surface area (Å²) in [6.07, 6.45) is -0.224. The minimum atomic E-state index is -1.17. The SMILES string of the molecule is N[C@@H](CCC(=O)O)C(=O)O.[Na].[Na].[Na].[Na]. The molecule has 0 aliphatic carbocycles. The van der Waals surface area contributed by atoms with Crippen molar-refractivity contribution >= 4 is 130 Å². The molecular weight excluding hydrogens is 230 g/mol. The van der Waals surface area contributed by atoms with Crippen molar-refractivity contribution in [3.8, 4) is 0 Å². The van der Waals surface area contributed by atoms with Crippen LogP contribution in [0.15, 0.2) is 0 Å². The average molecular weight is 239 g/mol. The molecule has 0 aromatic carbocycles. The molecule has 9 heteroatoms. The normalized spacial score (nSPS) is 8.93. The molecule has 0 amide bonds. The first-order chi connectivity index (χ1) is 4.54. The summed E-state index contributed by atoms with van der Waals surface area (Å²) in [6, 6.07) is -1.06. The van der Waals surface area contributed by atoms with Crippen LogP contribution >= 0.6 is 0 Å². The van der Waals surface area contributed by atoms with Crippen LogP contribution in [0.4, 0.5) is 0 Å². The largest absolute Gasteiger partial charge is 0.481 e. The van der Waals surface area contributed by atoms with Gasteiger partial charge in [0.15, 0.2) is 0 Å². The average Bonchev–Trinajstić information content (AvgIpc) is 1.82. The summed E-state index contributed by atoms with van der Waals surface area (Å²) in [5.41, 5.74) is 5.00. The Kier molecular flexibility index (Phi) is 39.4. The number of carboxylic acids is 2. The summed E-state index contributed by atoms with van der Waals surface area (Å²) in [6.45, 7) is 0. The molecule has 14 heavy (non-hydrogen) atoms. The zero-order valence-corrected chi connectivity index (χ0v) is 17.3. The van der Waals surface area contributed by atoms with Gasteiger partial charge in [0.2, 0.25) is 0 Å². The van der Waals surface area contributed by atoms with Gasteiger partial charge in [0.25, 0.3) is 0 Å². The van der Waals surface area contributed by atoms with Gasteiger partial charge in [0, 0.05) is 125 Å². The molecule has 0 rings (SSSR count). The van der Waals surface area contributed by atoms with Crippen LogP contribution in [-0.4, -0.2) is 146 Å². The van der Waals surface area contributed by atoms with E-state index in [1.165, 1.54) is 0 Å². The van der Waals surface area contributed by atoms with Crippen LogP contribution in [0.3, 0.4) is 0 Å². The van der Waals surface area contributed by atoms with E-state index in [1.807, 2.05) is 0 Å². The van der Waals surface area contributed by atoms with Crippen LogP contribution in [0.5, 0.6) is 0 Å². The van der Waals surface area contributed by atoms with Crippen LogP contribution in [0.2, 0.25) is 0 Å². The smallest absolute Gasteiger partial charge is 0.320 e. The third kappa shape index (κ3) is 20.3. The Balaban J connectivity index is -0.0000000675. The number of carbonyl (C=O) groups is 2. The van der Waals surface area contributed by atoms with Gasteiger partial charge < -0.3 is 15.9 Å². The Morgan fingerprint density at radius 1 is 1.07 bits per heavy atom. The van der Waals surface area contributed by atoms with E-state index >= 15 is 0 Å². The summed E-state index contributed by atoms with van der Waals surface area (Å²) in [4.78, 5) is 19.9. The standard InChI is InChI=1S/C5H9NO4.4Na/c6-3(5(9)10)1-2-4(7)8;;;;/h3H,1-2,6H2,(H,7,8)(H,9,10);;;;/t3-;;;;/m0..../s1. The Morgan fingerprint density at radius 3 is 1.64 bits per heavy atom. The fourth-order valence-corrected chi connectivity index (χ4v) is 0.402. The van der Waals surface area contributed by atoms with Gasteiger partial charge in [-0.1, -0.05) is 0 Å². The fraction of sp³-hybridized carbons (Fsp3) is 0.600. The molecule has 0 aromatic rings. The second-order valence-corrected chi connectivity index (χ2v) is 1.88. The molecule has 0 saturated carbocycles. The maximum Gasteiger partial charge on any atom is 0.320 e. The third-order valence-electron chi connectivity index (χ3n) is 0.986. The molecule has 0 heterocycles. The Hall–Kier alpha value is 2.90. The summed E-state index contributed by atoms with van der Waals surface area (Å²) in [7, 11) is 0. The molecule has 0 aliphatic heterocycles. The van der Waals surface area contributed by atoms with E-state index in [-0.39, 0.29) is 131 Å². The van der Waals surface area contributed by atoms with E-state index in [0.717, 1.165) is 0 Å². The molecule has 0 unspecified atom stereocenters. The van der Waals surface area contributed by atoms with Crippen molar-refractivity contribution in [1.82, 2.24) is 0 Å². The fourth-order valence-electron chi connectivity index (χ4n) is 0.402. The number of hydrogen-bond acceptors (Lipinski definition) is 3. The topological polar surface area (TPSA) is 101 Å². The van der Waals surface area contributed by atoms with E-state index in [2.05, 4.69) is 0 Å². The zero-order valence-electron chi connectivity index (χ0n) is 9.28. The number of aliphatic carboxylic acids is 2. The van der Waals surface area contributed by atoms with E-state index < -0.39 is 18.0 Å². The van der Waals surface area contributed by atoms with Crippen LogP contribution in [0.1, 0.15) is 12.8 Å². The van der Waals surface area contributed by atoms with Gasteiger partial charge in [-0.15, -0.1) is 0 Å². The Morgan fingerprint density at radius 2 is 1.43 bits per heavy atom. The van der Waals surface area contributed by atoms with Gasteiger partial charge in [-0.05, 0) is 6.42 Å². The number of nitrogens with two attached hydrogens (primary N) is 1. The maximum atomic E-state index is 9.99. The molecule has 4 N–H and O–H groups in total. The predicted octanol–water partition coefficient (Wildman–Crippen LogP) is -2.26. The minimum Gasteiger partial charge on any atom is -0.481 e. The van der Waals surface area contributed by atoms with Crippen molar-refractivity contribution in [2.45, 2.75) is 18.9 Å². The molecule has 0 bridgehead atoms. The first-order valence-electron chi connectivity index (χ1n) is 2.74. The molecule has 5 nitrogen and oxygen atoms in total. The van der Waals surface area contributed by atoms with Crippen molar-refractivity contribution < 1.29 is 19.8 Å². The third-order valence-corrected chi connectivity index (χ3v) is 0.986. The molecule has 0 spiro atoms. The van der Waals surface area contributed by atoms with Crippen LogP contribution < -0.4 is 5.73 Å². The van der Waals surface area contributed by atoms with Crippen molar-refractivity contribution in [3.63, 3.8) is 0 Å². The zero-order chi connectivity index (χ0) is 8.15. The molecule has 4 radical (unpaired) electrons. The predicted molar refractivity (Wildman–Crippen MR) is 55.5 cm³/mol.